The maximum atomic E-state index is 14.4. The number of aliphatic hydroxyl groups excluding tert-OH is 4. The molecule has 0 radical (unpaired) electrons. The van der Waals surface area contributed by atoms with Gasteiger partial charge in [-0.1, -0.05) is 6.07 Å². The molecular weight excluding hydrogens is 391 g/mol. The average Bonchev–Trinajstić information content (AvgIpc) is 3.24. The third-order valence-electron chi connectivity index (χ3n) is 4.85. The molecule has 0 spiro atoms. The number of ether oxygens (including phenoxy) is 1. The molecule has 0 amide bonds. The first-order chi connectivity index (χ1) is 13.0. The summed E-state index contributed by atoms with van der Waals surface area (Å²) in [5.74, 6) is -0.361. The minimum atomic E-state index is -1.46. The van der Waals surface area contributed by atoms with Gasteiger partial charge in [-0.25, -0.2) is 4.39 Å². The lowest BCUT2D eigenvalue weighted by Gasteiger charge is -2.40. The number of thiophene rings is 2. The van der Waals surface area contributed by atoms with Gasteiger partial charge in [-0.3, -0.25) is 0 Å². The molecular formula is C19H19FO5S2. The van der Waals surface area contributed by atoms with Crippen molar-refractivity contribution in [3.63, 3.8) is 0 Å². The number of rotatable bonds is 4. The Morgan fingerprint density at radius 2 is 1.85 bits per heavy atom. The van der Waals surface area contributed by atoms with Crippen LogP contribution in [-0.4, -0.2) is 51.4 Å². The molecule has 0 aliphatic carbocycles. The molecule has 1 aliphatic heterocycles. The molecule has 0 bridgehead atoms. The number of hydrogen-bond donors (Lipinski definition) is 4. The summed E-state index contributed by atoms with van der Waals surface area (Å²) in [4.78, 5) is 1.03. The van der Waals surface area contributed by atoms with Crippen LogP contribution in [0.4, 0.5) is 4.39 Å². The molecule has 3 aromatic rings. The SMILES string of the molecule is OCC1O[C@@H](c2ccc(F)c(Cc3cc4ccsc4s3)c2)[C@H](O)C(O)[C@@H]1O. The van der Waals surface area contributed by atoms with Gasteiger partial charge in [0.05, 0.1) is 10.6 Å². The lowest BCUT2D eigenvalue weighted by molar-refractivity contribution is -0.231. The number of hydrogen-bond acceptors (Lipinski definition) is 7. The van der Waals surface area contributed by atoms with Gasteiger partial charge in [-0.2, -0.15) is 0 Å². The predicted molar refractivity (Wildman–Crippen MR) is 102 cm³/mol. The Morgan fingerprint density at radius 3 is 2.59 bits per heavy atom. The van der Waals surface area contributed by atoms with E-state index in [2.05, 4.69) is 0 Å². The summed E-state index contributed by atoms with van der Waals surface area (Å²) < 4.78 is 21.1. The van der Waals surface area contributed by atoms with Crippen molar-refractivity contribution in [1.82, 2.24) is 0 Å². The number of aliphatic hydroxyl groups is 4. The highest BCUT2D eigenvalue weighted by Crippen LogP contribution is 2.35. The minimum Gasteiger partial charge on any atom is -0.394 e. The molecule has 4 N–H and O–H groups in total. The van der Waals surface area contributed by atoms with Crippen LogP contribution in [0.25, 0.3) is 9.40 Å². The lowest BCUT2D eigenvalue weighted by Crippen LogP contribution is -2.55. The van der Waals surface area contributed by atoms with Crippen LogP contribution in [0.2, 0.25) is 0 Å². The van der Waals surface area contributed by atoms with Gasteiger partial charge in [0.15, 0.2) is 0 Å². The Labute approximate surface area is 162 Å². The Balaban J connectivity index is 1.62. The monoisotopic (exact) mass is 410 g/mol. The van der Waals surface area contributed by atoms with E-state index in [1.807, 2.05) is 17.5 Å². The number of halogens is 1. The molecule has 2 aromatic heterocycles. The molecule has 8 heteroatoms. The normalized spacial score (nSPS) is 28.7. The van der Waals surface area contributed by atoms with Gasteiger partial charge in [-0.15, -0.1) is 22.7 Å². The molecule has 1 aromatic carbocycles. The van der Waals surface area contributed by atoms with Gasteiger partial charge in [0, 0.05) is 16.7 Å². The summed E-state index contributed by atoms with van der Waals surface area (Å²) in [6.45, 7) is -0.499. The zero-order valence-corrected chi connectivity index (χ0v) is 15.8. The molecule has 1 aliphatic rings. The summed E-state index contributed by atoms with van der Waals surface area (Å²) in [6.07, 6.45) is -5.81. The zero-order chi connectivity index (χ0) is 19.1. The van der Waals surface area contributed by atoms with Crippen LogP contribution in [-0.2, 0) is 11.2 Å². The average molecular weight is 410 g/mol. The summed E-state index contributed by atoms with van der Waals surface area (Å²) >= 11 is 3.27. The van der Waals surface area contributed by atoms with E-state index >= 15 is 0 Å². The minimum absolute atomic E-state index is 0.361. The number of benzene rings is 1. The fourth-order valence-corrected chi connectivity index (χ4v) is 5.55. The highest BCUT2D eigenvalue weighted by molar-refractivity contribution is 7.37. The maximum Gasteiger partial charge on any atom is 0.126 e. The predicted octanol–water partition coefficient (Wildman–Crippen LogP) is 2.21. The summed E-state index contributed by atoms with van der Waals surface area (Å²) in [7, 11) is 0. The lowest BCUT2D eigenvalue weighted by atomic mass is 9.90. The molecule has 4 rings (SSSR count). The van der Waals surface area contributed by atoms with Crippen LogP contribution in [0, 0.1) is 5.82 Å². The second-order valence-electron chi connectivity index (χ2n) is 6.65. The van der Waals surface area contributed by atoms with Crippen LogP contribution in [0.5, 0.6) is 0 Å². The summed E-state index contributed by atoms with van der Waals surface area (Å²) in [5.41, 5.74) is 0.944. The van der Waals surface area contributed by atoms with Gasteiger partial charge >= 0.3 is 0 Å². The van der Waals surface area contributed by atoms with E-state index in [1.54, 1.807) is 28.7 Å². The van der Waals surface area contributed by atoms with E-state index in [4.69, 9.17) is 4.74 Å². The van der Waals surface area contributed by atoms with E-state index in [-0.39, 0.29) is 5.82 Å². The van der Waals surface area contributed by atoms with Crippen LogP contribution >= 0.6 is 22.7 Å². The first-order valence-corrected chi connectivity index (χ1v) is 10.2. The van der Waals surface area contributed by atoms with E-state index in [0.717, 1.165) is 10.3 Å². The van der Waals surface area contributed by atoms with Gasteiger partial charge in [0.25, 0.3) is 0 Å². The molecule has 27 heavy (non-hydrogen) atoms. The summed E-state index contributed by atoms with van der Waals surface area (Å²) in [5, 5.41) is 42.7. The molecule has 5 atom stereocenters. The van der Waals surface area contributed by atoms with Crippen LogP contribution in [0.15, 0.2) is 35.7 Å². The molecule has 1 fully saturated rings. The van der Waals surface area contributed by atoms with Crippen molar-refractivity contribution in [2.24, 2.45) is 0 Å². The quantitative estimate of drug-likeness (QED) is 0.530. The highest BCUT2D eigenvalue weighted by atomic mass is 32.2. The summed E-state index contributed by atoms with van der Waals surface area (Å²) in [6, 6.07) is 8.47. The van der Waals surface area contributed by atoms with Gasteiger partial charge in [0.2, 0.25) is 0 Å². The van der Waals surface area contributed by atoms with Crippen LogP contribution < -0.4 is 0 Å². The van der Waals surface area contributed by atoms with Crippen molar-refractivity contribution in [3.05, 3.63) is 57.5 Å². The fraction of sp³-hybridized carbons (Fsp3) is 0.368. The molecule has 144 valence electrons. The standard InChI is InChI=1S/C19H19FO5S2/c20-13-2-1-9(18-17(24)16(23)15(22)14(8-21)25-18)5-11(13)7-12-6-10-3-4-26-19(10)27-12/h1-6,14-18,21-24H,7-8H2/t14?,15-,16?,17-,18+/m1/s1. The Hall–Kier alpha value is -1.39. The van der Waals surface area contributed by atoms with Crippen molar-refractivity contribution in [3.8, 4) is 0 Å². The second kappa shape index (κ2) is 7.56. The Bertz CT molecular complexity index is 909. The van der Waals surface area contributed by atoms with Crippen LogP contribution in [0.1, 0.15) is 22.1 Å². The molecule has 3 heterocycles. The van der Waals surface area contributed by atoms with Crippen molar-refractivity contribution in [2.75, 3.05) is 6.61 Å². The van der Waals surface area contributed by atoms with E-state index in [1.165, 1.54) is 16.1 Å². The van der Waals surface area contributed by atoms with Crippen molar-refractivity contribution in [2.45, 2.75) is 36.9 Å². The van der Waals surface area contributed by atoms with E-state index in [9.17, 15) is 24.8 Å². The Kier molecular flexibility index (Phi) is 5.30. The zero-order valence-electron chi connectivity index (χ0n) is 14.2. The largest absolute Gasteiger partial charge is 0.394 e. The van der Waals surface area contributed by atoms with E-state index in [0.29, 0.717) is 17.5 Å². The van der Waals surface area contributed by atoms with Gasteiger partial charge in [0.1, 0.15) is 36.3 Å². The topological polar surface area (TPSA) is 90.2 Å². The van der Waals surface area contributed by atoms with Crippen molar-refractivity contribution < 1.29 is 29.6 Å². The Morgan fingerprint density at radius 1 is 1.04 bits per heavy atom. The highest BCUT2D eigenvalue weighted by Gasteiger charge is 2.44. The molecule has 1 saturated heterocycles. The molecule has 5 nitrogen and oxygen atoms in total. The van der Waals surface area contributed by atoms with Gasteiger partial charge in [-0.05, 0) is 40.8 Å². The first-order valence-electron chi connectivity index (χ1n) is 8.52. The third-order valence-corrected chi connectivity index (χ3v) is 7.06. The molecule has 0 saturated carbocycles. The van der Waals surface area contributed by atoms with Gasteiger partial charge < -0.3 is 25.2 Å². The first kappa shape index (κ1) is 18.9. The maximum absolute atomic E-state index is 14.4. The smallest absolute Gasteiger partial charge is 0.126 e. The second-order valence-corrected chi connectivity index (χ2v) is 8.96. The van der Waals surface area contributed by atoms with E-state index < -0.39 is 37.1 Å². The molecule has 2 unspecified atom stereocenters. The van der Waals surface area contributed by atoms with Crippen molar-refractivity contribution in [1.29, 1.82) is 0 Å². The van der Waals surface area contributed by atoms with Crippen molar-refractivity contribution >= 4 is 32.1 Å². The fourth-order valence-electron chi connectivity index (χ4n) is 3.38. The third kappa shape index (κ3) is 3.54. The van der Waals surface area contributed by atoms with Crippen LogP contribution in [0.3, 0.4) is 0 Å². The number of fused-ring (bicyclic) bond motifs is 1.